The van der Waals surface area contributed by atoms with E-state index in [1.54, 1.807) is 0 Å². The van der Waals surface area contributed by atoms with Gasteiger partial charge < -0.3 is 29.6 Å². The fraction of sp³-hybridized carbons (Fsp3) is 0.500. The van der Waals surface area contributed by atoms with Crippen molar-refractivity contribution in [3.63, 3.8) is 0 Å². The van der Waals surface area contributed by atoms with Gasteiger partial charge in [-0.05, 0) is 24.3 Å². The minimum Gasteiger partial charge on any atom is -1.00 e. The zero-order chi connectivity index (χ0) is 12.5. The second kappa shape index (κ2) is 8.61. The van der Waals surface area contributed by atoms with Gasteiger partial charge in [-0.2, -0.15) is 6.08 Å². The van der Waals surface area contributed by atoms with Crippen LogP contribution in [0.4, 0.5) is 0 Å². The van der Waals surface area contributed by atoms with Gasteiger partial charge >= 0.3 is 21.7 Å². The maximum absolute atomic E-state index is 5.95. The van der Waals surface area contributed by atoms with Crippen LogP contribution in [0.3, 0.4) is 0 Å². The number of methoxy groups -OCH3 is 1. The summed E-state index contributed by atoms with van der Waals surface area (Å²) in [6.45, 7) is 6.67. The van der Waals surface area contributed by atoms with Crippen molar-refractivity contribution < 1.29 is 51.3 Å². The molecule has 0 amide bonds. The van der Waals surface area contributed by atoms with Crippen LogP contribution >= 0.6 is 0 Å². The summed E-state index contributed by atoms with van der Waals surface area (Å²) in [5.41, 5.74) is 2.27. The Bertz CT molecular complexity index is 436. The van der Waals surface area contributed by atoms with E-state index in [2.05, 4.69) is 57.2 Å². The Labute approximate surface area is 150 Å². The summed E-state index contributed by atoms with van der Waals surface area (Å²) in [4.78, 5) is 0. The Kier molecular flexibility index (Phi) is 9.68. The third-order valence-corrected chi connectivity index (χ3v) is 4.25. The van der Waals surface area contributed by atoms with E-state index in [1.807, 2.05) is 7.11 Å². The average molecular weight is 348 g/mol. The minimum absolute atomic E-state index is 0. The van der Waals surface area contributed by atoms with Crippen molar-refractivity contribution in [1.29, 1.82) is 0 Å². The fourth-order valence-electron chi connectivity index (χ4n) is 3.04. The van der Waals surface area contributed by atoms with Crippen LogP contribution in [0, 0.1) is 11.5 Å². The molecule has 0 bridgehead atoms. The number of halogens is 2. The predicted molar refractivity (Wildman–Crippen MR) is 71.5 cm³/mol. The van der Waals surface area contributed by atoms with Gasteiger partial charge in [0, 0.05) is 7.11 Å². The minimum atomic E-state index is -0.237. The van der Waals surface area contributed by atoms with E-state index in [0.29, 0.717) is 0 Å². The molecule has 0 heterocycles. The van der Waals surface area contributed by atoms with Gasteiger partial charge in [0.25, 0.3) is 0 Å². The normalized spacial score (nSPS) is 24.0. The summed E-state index contributed by atoms with van der Waals surface area (Å²) < 4.78 is 5.95. The summed E-state index contributed by atoms with van der Waals surface area (Å²) in [5, 5.41) is 0. The van der Waals surface area contributed by atoms with E-state index < -0.39 is 0 Å². The van der Waals surface area contributed by atoms with Crippen molar-refractivity contribution >= 4 is 0 Å². The van der Waals surface area contributed by atoms with Gasteiger partial charge in [0.2, 0.25) is 0 Å². The molecular formula is C16H21Cl2OTi. The Hall–Kier alpha value is 0.214. The zero-order valence-electron chi connectivity index (χ0n) is 12.5. The molecule has 2 rings (SSSR count). The predicted octanol–water partition coefficient (Wildman–Crippen LogP) is -2.00. The molecule has 0 aromatic carbocycles. The van der Waals surface area contributed by atoms with Gasteiger partial charge in [-0.15, -0.1) is 6.42 Å². The van der Waals surface area contributed by atoms with Crippen molar-refractivity contribution in [2.45, 2.75) is 39.2 Å². The van der Waals surface area contributed by atoms with Crippen molar-refractivity contribution in [3.8, 4) is 0 Å². The summed E-state index contributed by atoms with van der Waals surface area (Å²) >= 11 is 0. The van der Waals surface area contributed by atoms with E-state index in [-0.39, 0.29) is 57.5 Å². The molecule has 0 aromatic heterocycles. The molecule has 2 aliphatic carbocycles. The number of rotatable bonds is 3. The van der Waals surface area contributed by atoms with Crippen LogP contribution in [0.1, 0.15) is 33.6 Å². The molecule has 2 aliphatic rings. The Morgan fingerprint density at radius 2 is 1.90 bits per heavy atom. The molecule has 1 unspecified atom stereocenters. The molecule has 0 fully saturated rings. The third kappa shape index (κ3) is 3.51. The summed E-state index contributed by atoms with van der Waals surface area (Å²) in [6.07, 6.45) is 16.1. The second-order valence-corrected chi connectivity index (χ2v) is 5.34. The molecule has 109 valence electrons. The number of hydrogen-bond acceptors (Lipinski definition) is 1. The van der Waals surface area contributed by atoms with Gasteiger partial charge in [-0.25, -0.2) is 11.6 Å². The van der Waals surface area contributed by atoms with Crippen LogP contribution in [-0.2, 0) is 26.5 Å². The first-order valence-electron chi connectivity index (χ1n) is 6.21. The van der Waals surface area contributed by atoms with E-state index in [9.17, 15) is 0 Å². The monoisotopic (exact) mass is 347 g/mol. The van der Waals surface area contributed by atoms with Crippen molar-refractivity contribution in [2.75, 3.05) is 7.11 Å². The molecule has 20 heavy (non-hydrogen) atoms. The maximum Gasteiger partial charge on any atom is 3.00 e. The number of ether oxygens (including phenoxy) is 1. The molecule has 1 radical (unpaired) electrons. The van der Waals surface area contributed by atoms with Crippen molar-refractivity contribution in [2.24, 2.45) is 5.41 Å². The van der Waals surface area contributed by atoms with Gasteiger partial charge in [0.05, 0.1) is 5.60 Å². The van der Waals surface area contributed by atoms with Gasteiger partial charge in [0.1, 0.15) is 0 Å². The quantitative estimate of drug-likeness (QED) is 0.424. The maximum atomic E-state index is 5.95. The van der Waals surface area contributed by atoms with Crippen LogP contribution in [0.2, 0.25) is 0 Å². The van der Waals surface area contributed by atoms with Gasteiger partial charge in [-0.1, -0.05) is 32.1 Å². The molecule has 0 saturated carbocycles. The van der Waals surface area contributed by atoms with E-state index in [4.69, 9.17) is 4.74 Å². The van der Waals surface area contributed by atoms with Crippen LogP contribution in [-0.4, -0.2) is 12.7 Å². The van der Waals surface area contributed by atoms with Crippen LogP contribution in [0.25, 0.3) is 0 Å². The van der Waals surface area contributed by atoms with Crippen LogP contribution < -0.4 is 24.8 Å². The molecular weight excluding hydrogens is 327 g/mol. The standard InChI is InChI=1S/C16H21O.2ClH.Ti/c1-13-9-7-8-12-16(13,17-4)15(2,3)14-10-5-6-11-14;;;/h5,7-10H,6,12H2,1-4H3;2*1H;/q-1;;;+3/p-2. The summed E-state index contributed by atoms with van der Waals surface area (Å²) in [6, 6.07) is 0. The first-order chi connectivity index (χ1) is 8.04. The second-order valence-electron chi connectivity index (χ2n) is 5.34. The van der Waals surface area contributed by atoms with Gasteiger partial charge in [-0.3, -0.25) is 6.08 Å². The average Bonchev–Trinajstić information content (AvgIpc) is 2.83. The van der Waals surface area contributed by atoms with Gasteiger partial charge in [0.15, 0.2) is 0 Å². The fourth-order valence-corrected chi connectivity index (χ4v) is 3.04. The van der Waals surface area contributed by atoms with Crippen LogP contribution in [0.15, 0.2) is 41.5 Å². The molecule has 0 aromatic rings. The first kappa shape index (κ1) is 22.5. The number of hydrogen-bond donors (Lipinski definition) is 0. The SMILES string of the molecule is COC1(C(C)(C)C2=[C-]CC=C2)CC=CC=C1C.[Cl-].[Cl-].[Ti+3]. The largest absolute Gasteiger partial charge is 3.00 e. The molecule has 1 nitrogen and oxygen atoms in total. The van der Waals surface area contributed by atoms with E-state index in [1.165, 1.54) is 11.1 Å². The Morgan fingerprint density at radius 1 is 1.25 bits per heavy atom. The van der Waals surface area contributed by atoms with Crippen LogP contribution in [0.5, 0.6) is 0 Å². The first-order valence-corrected chi connectivity index (χ1v) is 6.21. The van der Waals surface area contributed by atoms with E-state index >= 15 is 0 Å². The molecule has 0 saturated heterocycles. The van der Waals surface area contributed by atoms with E-state index in [0.717, 1.165) is 12.8 Å². The smallest absolute Gasteiger partial charge is 1.00 e. The number of allylic oxidation sites excluding steroid dienone is 5. The summed E-state index contributed by atoms with van der Waals surface area (Å²) in [7, 11) is 1.82. The third-order valence-electron chi connectivity index (χ3n) is 4.25. The molecule has 0 N–H and O–H groups in total. The Balaban J connectivity index is 0. The Morgan fingerprint density at radius 3 is 2.35 bits per heavy atom. The molecule has 1 atom stereocenters. The zero-order valence-corrected chi connectivity index (χ0v) is 15.5. The topological polar surface area (TPSA) is 9.23 Å². The molecule has 0 aliphatic heterocycles. The molecule has 4 heteroatoms. The van der Waals surface area contributed by atoms with Crippen molar-refractivity contribution in [3.05, 3.63) is 47.6 Å². The van der Waals surface area contributed by atoms with Crippen molar-refractivity contribution in [1.82, 2.24) is 0 Å². The summed E-state index contributed by atoms with van der Waals surface area (Å²) in [5.74, 6) is 0. The molecule has 0 spiro atoms.